The predicted molar refractivity (Wildman–Crippen MR) is 116 cm³/mol. The first-order chi connectivity index (χ1) is 14.7. The number of hydrogen-bond donors (Lipinski definition) is 2. The second-order valence-electron chi connectivity index (χ2n) is 7.39. The van der Waals surface area contributed by atoms with Crippen molar-refractivity contribution in [1.29, 1.82) is 0 Å². The van der Waals surface area contributed by atoms with E-state index in [1.54, 1.807) is 6.07 Å². The Hall–Kier alpha value is -3.58. The van der Waals surface area contributed by atoms with Gasteiger partial charge in [-0.05, 0) is 31.0 Å². The van der Waals surface area contributed by atoms with Crippen molar-refractivity contribution in [3.63, 3.8) is 0 Å². The van der Waals surface area contributed by atoms with Crippen LogP contribution < -0.4 is 16.2 Å². The largest absolute Gasteiger partial charge is 0.457 e. The van der Waals surface area contributed by atoms with Gasteiger partial charge in [0.1, 0.15) is 17.3 Å². The fraction of sp³-hybridized carbons (Fsp3) is 0.217. The summed E-state index contributed by atoms with van der Waals surface area (Å²) in [6.45, 7) is 0.715. The average Bonchev–Trinajstić information content (AvgIpc) is 3.38. The van der Waals surface area contributed by atoms with Gasteiger partial charge in [-0.3, -0.25) is 0 Å². The molecular weight excluding hydrogens is 378 g/mol. The molecule has 7 heteroatoms. The van der Waals surface area contributed by atoms with E-state index < -0.39 is 0 Å². The molecule has 0 bridgehead atoms. The molecule has 4 N–H and O–H groups in total. The maximum absolute atomic E-state index is 6.34. The van der Waals surface area contributed by atoms with Crippen LogP contribution in [-0.4, -0.2) is 21.4 Å². The maximum Gasteiger partial charge on any atom is 0.165 e. The molecule has 2 aromatic heterocycles. The lowest BCUT2D eigenvalue weighted by molar-refractivity contribution is 0.0496. The highest BCUT2D eigenvalue weighted by molar-refractivity contribution is 5.92. The molecule has 1 saturated heterocycles. The molecule has 0 spiro atoms. The number of nitrogen functional groups attached to an aromatic ring is 2. The zero-order valence-electron chi connectivity index (χ0n) is 16.5. The molecule has 0 aliphatic carbocycles. The average molecular weight is 401 g/mol. The standard InChI is InChI=1S/C23H23N5O2/c24-17-14-20(25)26-23-22(17)18(27-28(23)21-11-6-12-29-21)13-15-7-4-5-10-19(15)30-16-8-2-1-3-9-16/h1-5,7-10,14,21H,6,11-13H2,(H4,24,25,26). The van der Waals surface area contributed by atoms with Crippen molar-refractivity contribution in [2.45, 2.75) is 25.5 Å². The van der Waals surface area contributed by atoms with Gasteiger partial charge in [0.25, 0.3) is 0 Å². The van der Waals surface area contributed by atoms with Crippen molar-refractivity contribution in [2.24, 2.45) is 0 Å². The van der Waals surface area contributed by atoms with Crippen molar-refractivity contribution in [2.75, 3.05) is 18.1 Å². The van der Waals surface area contributed by atoms with Gasteiger partial charge in [0.05, 0.1) is 11.1 Å². The minimum Gasteiger partial charge on any atom is -0.457 e. The van der Waals surface area contributed by atoms with Crippen LogP contribution in [-0.2, 0) is 11.2 Å². The molecule has 7 nitrogen and oxygen atoms in total. The molecule has 1 fully saturated rings. The van der Waals surface area contributed by atoms with Crippen LogP contribution in [0.5, 0.6) is 11.5 Å². The minimum absolute atomic E-state index is 0.147. The summed E-state index contributed by atoms with van der Waals surface area (Å²) in [4.78, 5) is 4.52. The van der Waals surface area contributed by atoms with Gasteiger partial charge in [0.15, 0.2) is 11.9 Å². The Labute approximate surface area is 174 Å². The second kappa shape index (κ2) is 7.68. The molecule has 1 unspecified atom stereocenters. The molecule has 1 aliphatic heterocycles. The first-order valence-corrected chi connectivity index (χ1v) is 10.0. The molecule has 3 heterocycles. The van der Waals surface area contributed by atoms with Gasteiger partial charge in [0, 0.05) is 30.3 Å². The van der Waals surface area contributed by atoms with E-state index >= 15 is 0 Å². The number of rotatable bonds is 5. The lowest BCUT2D eigenvalue weighted by Crippen LogP contribution is -2.10. The summed E-state index contributed by atoms with van der Waals surface area (Å²) in [7, 11) is 0. The highest BCUT2D eigenvalue weighted by Gasteiger charge is 2.25. The lowest BCUT2D eigenvalue weighted by Gasteiger charge is -2.11. The van der Waals surface area contributed by atoms with Crippen molar-refractivity contribution in [3.8, 4) is 11.5 Å². The first-order valence-electron chi connectivity index (χ1n) is 10.0. The van der Waals surface area contributed by atoms with Gasteiger partial charge in [-0.1, -0.05) is 36.4 Å². The summed E-state index contributed by atoms with van der Waals surface area (Å²) in [5.74, 6) is 1.94. The van der Waals surface area contributed by atoms with E-state index in [2.05, 4.69) is 4.98 Å². The van der Waals surface area contributed by atoms with E-state index in [4.69, 9.17) is 26.0 Å². The zero-order chi connectivity index (χ0) is 20.5. The van der Waals surface area contributed by atoms with E-state index in [1.807, 2.05) is 59.3 Å². The Morgan fingerprint density at radius 2 is 1.87 bits per heavy atom. The third-order valence-corrected chi connectivity index (χ3v) is 5.26. The third kappa shape index (κ3) is 3.44. The topological polar surface area (TPSA) is 101 Å². The molecule has 5 rings (SSSR count). The number of ether oxygens (including phenoxy) is 2. The molecule has 2 aromatic carbocycles. The van der Waals surface area contributed by atoms with Gasteiger partial charge in [-0.25, -0.2) is 9.67 Å². The van der Waals surface area contributed by atoms with Crippen LogP contribution in [0.4, 0.5) is 11.5 Å². The fourth-order valence-electron chi connectivity index (χ4n) is 3.88. The number of pyridine rings is 1. The van der Waals surface area contributed by atoms with Crippen LogP contribution in [0.1, 0.15) is 30.3 Å². The van der Waals surface area contributed by atoms with Crippen LogP contribution >= 0.6 is 0 Å². The Morgan fingerprint density at radius 1 is 1.07 bits per heavy atom. The van der Waals surface area contributed by atoms with E-state index in [0.29, 0.717) is 30.2 Å². The van der Waals surface area contributed by atoms with Crippen LogP contribution in [0, 0.1) is 0 Å². The molecule has 0 saturated carbocycles. The van der Waals surface area contributed by atoms with Crippen molar-refractivity contribution in [1.82, 2.24) is 14.8 Å². The van der Waals surface area contributed by atoms with E-state index in [-0.39, 0.29) is 6.23 Å². The summed E-state index contributed by atoms with van der Waals surface area (Å²) >= 11 is 0. The highest BCUT2D eigenvalue weighted by atomic mass is 16.5. The number of nitrogens with zero attached hydrogens (tertiary/aromatic N) is 3. The van der Waals surface area contributed by atoms with Crippen molar-refractivity contribution in [3.05, 3.63) is 71.9 Å². The number of para-hydroxylation sites is 2. The van der Waals surface area contributed by atoms with Gasteiger partial charge in [-0.2, -0.15) is 5.10 Å². The smallest absolute Gasteiger partial charge is 0.165 e. The SMILES string of the molecule is Nc1cc(N)c2c(Cc3ccccc3Oc3ccccc3)nn(C3CCCO3)c2n1. The molecule has 30 heavy (non-hydrogen) atoms. The number of anilines is 2. The summed E-state index contributed by atoms with van der Waals surface area (Å²) in [6, 6.07) is 19.4. The quantitative estimate of drug-likeness (QED) is 0.517. The number of aromatic nitrogens is 3. The Bertz CT molecular complexity index is 1180. The second-order valence-corrected chi connectivity index (χ2v) is 7.39. The molecular formula is C23H23N5O2. The van der Waals surface area contributed by atoms with Gasteiger partial charge < -0.3 is 20.9 Å². The Morgan fingerprint density at radius 3 is 2.67 bits per heavy atom. The lowest BCUT2D eigenvalue weighted by atomic mass is 10.1. The fourth-order valence-corrected chi connectivity index (χ4v) is 3.88. The molecule has 1 atom stereocenters. The summed E-state index contributed by atoms with van der Waals surface area (Å²) < 4.78 is 13.8. The predicted octanol–water partition coefficient (Wildman–Crippen LogP) is 4.29. The van der Waals surface area contributed by atoms with Gasteiger partial charge in [-0.15, -0.1) is 0 Å². The highest BCUT2D eigenvalue weighted by Crippen LogP contribution is 2.34. The summed E-state index contributed by atoms with van der Waals surface area (Å²) in [5.41, 5.74) is 15.4. The van der Waals surface area contributed by atoms with Crippen LogP contribution in [0.2, 0.25) is 0 Å². The Balaban J connectivity index is 1.56. The summed E-state index contributed by atoms with van der Waals surface area (Å²) in [6.07, 6.45) is 2.29. The number of benzene rings is 2. The Kier molecular flexibility index (Phi) is 4.72. The third-order valence-electron chi connectivity index (χ3n) is 5.26. The van der Waals surface area contributed by atoms with E-state index in [9.17, 15) is 0 Å². The molecule has 4 aromatic rings. The van der Waals surface area contributed by atoms with Crippen molar-refractivity contribution < 1.29 is 9.47 Å². The van der Waals surface area contributed by atoms with Crippen molar-refractivity contribution >= 4 is 22.5 Å². The first kappa shape index (κ1) is 18.4. The summed E-state index contributed by atoms with van der Waals surface area (Å²) in [5, 5.41) is 5.67. The molecule has 0 radical (unpaired) electrons. The van der Waals surface area contributed by atoms with E-state index in [0.717, 1.165) is 41.0 Å². The van der Waals surface area contributed by atoms with Gasteiger partial charge >= 0.3 is 0 Å². The number of hydrogen-bond acceptors (Lipinski definition) is 6. The molecule has 152 valence electrons. The number of nitrogens with two attached hydrogens (primary N) is 2. The maximum atomic E-state index is 6.34. The van der Waals surface area contributed by atoms with Crippen LogP contribution in [0.25, 0.3) is 11.0 Å². The van der Waals surface area contributed by atoms with Crippen LogP contribution in [0.3, 0.4) is 0 Å². The van der Waals surface area contributed by atoms with E-state index in [1.165, 1.54) is 0 Å². The normalized spacial score (nSPS) is 16.2. The van der Waals surface area contributed by atoms with Gasteiger partial charge in [0.2, 0.25) is 0 Å². The van der Waals surface area contributed by atoms with Crippen LogP contribution in [0.15, 0.2) is 60.7 Å². The zero-order valence-corrected chi connectivity index (χ0v) is 16.5. The monoisotopic (exact) mass is 401 g/mol. The molecule has 0 amide bonds. The molecule has 1 aliphatic rings. The minimum atomic E-state index is -0.147. The number of fused-ring (bicyclic) bond motifs is 1.